The van der Waals surface area contributed by atoms with Gasteiger partial charge in [0.05, 0.1) is 12.7 Å². The smallest absolute Gasteiger partial charge is 0.337 e. The van der Waals surface area contributed by atoms with E-state index in [-0.39, 0.29) is 21.9 Å². The SMILES string of the molecule is CC(=O)Nc1ccccc1[As](=O)(O)OO.COC(=O)c1ccc(N)cc1. The Morgan fingerprint density at radius 1 is 1.12 bits per heavy atom. The normalized spacial score (nSPS) is 12.2. The Kier molecular flexibility index (Phi) is 8.08. The summed E-state index contributed by atoms with van der Waals surface area (Å²) in [5.41, 5.74) is 6.72. The zero-order valence-electron chi connectivity index (χ0n) is 14.1. The van der Waals surface area contributed by atoms with E-state index in [2.05, 4.69) is 13.9 Å². The van der Waals surface area contributed by atoms with Crippen molar-refractivity contribution in [1.29, 1.82) is 0 Å². The number of nitrogens with two attached hydrogens (primary N) is 1. The number of anilines is 2. The van der Waals surface area contributed by atoms with Crippen molar-refractivity contribution in [2.24, 2.45) is 0 Å². The van der Waals surface area contributed by atoms with Gasteiger partial charge in [-0.1, -0.05) is 0 Å². The standard InChI is InChI=1S/C8H10AsNO5.C8H9NO2/c1-6(11)10-8-5-3-2-4-7(8)9(12,13)15-14;1-11-8(10)6-2-4-7(9)5-3-6/h2-5,14H,1H3,(H,10,11)(H,12,13);2-5H,9H2,1H3. The molecule has 0 spiro atoms. The number of carbonyl (C=O) groups excluding carboxylic acids is 2. The van der Waals surface area contributed by atoms with Crippen molar-refractivity contribution in [2.75, 3.05) is 18.2 Å². The van der Waals surface area contributed by atoms with Crippen molar-refractivity contribution in [3.8, 4) is 0 Å². The molecule has 0 saturated heterocycles. The summed E-state index contributed by atoms with van der Waals surface area (Å²) < 4.78 is 28.6. The van der Waals surface area contributed by atoms with Gasteiger partial charge in [-0.25, -0.2) is 4.79 Å². The zero-order valence-corrected chi connectivity index (χ0v) is 16.0. The van der Waals surface area contributed by atoms with Crippen LogP contribution in [-0.2, 0) is 17.1 Å². The van der Waals surface area contributed by atoms with Gasteiger partial charge in [0.25, 0.3) is 0 Å². The molecule has 1 unspecified atom stereocenters. The number of rotatable bonds is 4. The Morgan fingerprint density at radius 2 is 1.69 bits per heavy atom. The molecule has 1 atom stereocenters. The largest absolute Gasteiger partial charge is 0.465 e. The van der Waals surface area contributed by atoms with Gasteiger partial charge in [0.1, 0.15) is 0 Å². The van der Waals surface area contributed by atoms with Crippen LogP contribution in [0, 0.1) is 0 Å². The number of methoxy groups -OCH3 is 1. The van der Waals surface area contributed by atoms with Crippen molar-refractivity contribution in [3.63, 3.8) is 0 Å². The predicted octanol–water partition coefficient (Wildman–Crippen LogP) is 0.759. The minimum atomic E-state index is -4.92. The topological polar surface area (TPSA) is 148 Å². The van der Waals surface area contributed by atoms with Crippen LogP contribution < -0.4 is 15.4 Å². The Hall–Kier alpha value is -2.58. The predicted molar refractivity (Wildman–Crippen MR) is 94.9 cm³/mol. The van der Waals surface area contributed by atoms with Crippen LogP contribution >= 0.6 is 0 Å². The van der Waals surface area contributed by atoms with Gasteiger partial charge in [-0.3, -0.25) is 0 Å². The molecule has 0 radical (unpaired) electrons. The molecule has 0 fully saturated rings. The van der Waals surface area contributed by atoms with Gasteiger partial charge < -0.3 is 10.5 Å². The van der Waals surface area contributed by atoms with E-state index in [4.69, 9.17) is 11.0 Å². The van der Waals surface area contributed by atoms with Crippen molar-refractivity contribution in [3.05, 3.63) is 54.1 Å². The van der Waals surface area contributed by atoms with Gasteiger partial charge in [0.2, 0.25) is 0 Å². The molecule has 5 N–H and O–H groups in total. The van der Waals surface area contributed by atoms with E-state index >= 15 is 0 Å². The number of nitrogen functional groups attached to an aromatic ring is 1. The fourth-order valence-corrected chi connectivity index (χ4v) is 3.47. The molecule has 9 nitrogen and oxygen atoms in total. The summed E-state index contributed by atoms with van der Waals surface area (Å²) in [5.74, 6) is -0.721. The van der Waals surface area contributed by atoms with Crippen LogP contribution in [0.1, 0.15) is 17.3 Å². The number of hydrogen-bond donors (Lipinski definition) is 4. The molecule has 0 bridgehead atoms. The van der Waals surface area contributed by atoms with E-state index in [1.165, 1.54) is 32.2 Å². The molecule has 2 aromatic rings. The van der Waals surface area contributed by atoms with Gasteiger partial charge >= 0.3 is 94.4 Å². The van der Waals surface area contributed by atoms with E-state index in [1.54, 1.807) is 30.3 Å². The summed E-state index contributed by atoms with van der Waals surface area (Å²) in [7, 11) is 1.35. The molecule has 0 aliphatic carbocycles. The quantitative estimate of drug-likeness (QED) is 0.184. The van der Waals surface area contributed by atoms with Crippen molar-refractivity contribution in [2.45, 2.75) is 6.92 Å². The number of nitrogens with one attached hydrogen (secondary N) is 1. The van der Waals surface area contributed by atoms with E-state index < -0.39 is 14.2 Å². The monoisotopic (exact) mass is 426 g/mol. The summed E-state index contributed by atoms with van der Waals surface area (Å²) in [6.45, 7) is 1.27. The number of hydrogen-bond acceptors (Lipinski definition) is 7. The second-order valence-corrected chi connectivity index (χ2v) is 8.45. The average Bonchev–Trinajstić information content (AvgIpc) is 2.62. The fraction of sp³-hybridized carbons (Fsp3) is 0.125. The number of ether oxygens (including phenoxy) is 1. The van der Waals surface area contributed by atoms with Crippen LogP contribution in [0.4, 0.5) is 11.4 Å². The third-order valence-corrected chi connectivity index (χ3v) is 5.52. The second-order valence-electron chi connectivity index (χ2n) is 4.91. The molecular weight excluding hydrogens is 407 g/mol. The van der Waals surface area contributed by atoms with Crippen LogP contribution in [0.15, 0.2) is 48.5 Å². The summed E-state index contributed by atoms with van der Waals surface area (Å²) >= 11 is -4.92. The fourth-order valence-electron chi connectivity index (χ4n) is 1.80. The van der Waals surface area contributed by atoms with Gasteiger partial charge in [-0.15, -0.1) is 0 Å². The Bertz CT molecular complexity index is 809. The van der Waals surface area contributed by atoms with E-state index in [9.17, 15) is 17.4 Å². The molecule has 0 aromatic heterocycles. The van der Waals surface area contributed by atoms with E-state index in [0.717, 1.165) is 0 Å². The van der Waals surface area contributed by atoms with Gasteiger partial charge in [-0.2, -0.15) is 0 Å². The number of para-hydroxylation sites is 1. The minimum Gasteiger partial charge on any atom is -0.465 e. The van der Waals surface area contributed by atoms with Crippen LogP contribution in [0.3, 0.4) is 0 Å². The maximum Gasteiger partial charge on any atom is 0.337 e. The van der Waals surface area contributed by atoms with Crippen molar-refractivity contribution >= 4 is 41.8 Å². The maximum absolute atomic E-state index is 11.4. The van der Waals surface area contributed by atoms with Crippen molar-refractivity contribution < 1.29 is 31.3 Å². The van der Waals surface area contributed by atoms with Gasteiger partial charge in [0, 0.05) is 5.69 Å². The molecule has 2 aromatic carbocycles. The van der Waals surface area contributed by atoms with Gasteiger partial charge in [0.15, 0.2) is 0 Å². The van der Waals surface area contributed by atoms with E-state index in [1.807, 2.05) is 0 Å². The number of carbonyl (C=O) groups is 2. The maximum atomic E-state index is 11.4. The molecule has 0 heterocycles. The number of benzene rings is 2. The molecule has 0 saturated carbocycles. The Morgan fingerprint density at radius 3 is 2.19 bits per heavy atom. The first-order valence-corrected chi connectivity index (χ1v) is 10.5. The average molecular weight is 426 g/mol. The molecule has 140 valence electrons. The van der Waals surface area contributed by atoms with Crippen LogP contribution in [0.2, 0.25) is 0 Å². The molecule has 10 heteroatoms. The van der Waals surface area contributed by atoms with Crippen LogP contribution in [-0.4, -0.2) is 42.5 Å². The van der Waals surface area contributed by atoms with Crippen LogP contribution in [0.5, 0.6) is 0 Å². The molecule has 1 amide bonds. The van der Waals surface area contributed by atoms with Gasteiger partial charge in [-0.05, 0) is 24.3 Å². The first kappa shape index (κ1) is 21.5. The molecule has 2 rings (SSSR count). The summed E-state index contributed by atoms with van der Waals surface area (Å²) in [6.07, 6.45) is 0. The third-order valence-electron chi connectivity index (χ3n) is 2.96. The molecule has 26 heavy (non-hydrogen) atoms. The molecule has 0 aliphatic heterocycles. The zero-order chi connectivity index (χ0) is 19.7. The molecular formula is C16H19AsN2O7. The summed E-state index contributed by atoms with van der Waals surface area (Å²) in [6, 6.07) is 12.4. The second kappa shape index (κ2) is 9.79. The Balaban J connectivity index is 0.000000273. The summed E-state index contributed by atoms with van der Waals surface area (Å²) in [5, 5.41) is 10.7. The first-order chi connectivity index (χ1) is 12.2. The number of amides is 1. The van der Waals surface area contributed by atoms with E-state index in [0.29, 0.717) is 11.3 Å². The molecule has 0 aliphatic rings. The number of esters is 1. The van der Waals surface area contributed by atoms with Crippen molar-refractivity contribution in [1.82, 2.24) is 0 Å². The van der Waals surface area contributed by atoms with Crippen LogP contribution in [0.25, 0.3) is 0 Å². The third kappa shape index (κ3) is 6.38. The first-order valence-electron chi connectivity index (χ1n) is 7.18. The Labute approximate surface area is 152 Å². The minimum absolute atomic E-state index is 0.103. The summed E-state index contributed by atoms with van der Waals surface area (Å²) in [4.78, 5) is 21.7.